The summed E-state index contributed by atoms with van der Waals surface area (Å²) in [6, 6.07) is 16.7. The third-order valence-electron chi connectivity index (χ3n) is 5.07. The van der Waals surface area contributed by atoms with Crippen molar-refractivity contribution in [3.05, 3.63) is 65.7 Å². The molecule has 0 saturated carbocycles. The van der Waals surface area contributed by atoms with E-state index in [4.69, 9.17) is 5.73 Å². The summed E-state index contributed by atoms with van der Waals surface area (Å²) in [4.78, 5) is 29.5. The van der Waals surface area contributed by atoms with Gasteiger partial charge in [-0.25, -0.2) is 0 Å². The third kappa shape index (κ3) is 4.48. The van der Waals surface area contributed by atoms with Crippen molar-refractivity contribution in [2.45, 2.75) is 32.2 Å². The monoisotopic (exact) mass is 365 g/mol. The molecule has 1 heterocycles. The fourth-order valence-corrected chi connectivity index (χ4v) is 3.67. The van der Waals surface area contributed by atoms with Gasteiger partial charge in [0.25, 0.3) is 11.8 Å². The van der Waals surface area contributed by atoms with Crippen LogP contribution in [0.5, 0.6) is 0 Å². The van der Waals surface area contributed by atoms with Crippen molar-refractivity contribution < 1.29 is 9.59 Å². The second-order valence-electron chi connectivity index (χ2n) is 7.01. The zero-order chi connectivity index (χ0) is 19.2. The van der Waals surface area contributed by atoms with Gasteiger partial charge in [-0.1, -0.05) is 31.2 Å². The number of hydrogen-bond acceptors (Lipinski definition) is 3. The molecule has 2 aromatic carbocycles. The summed E-state index contributed by atoms with van der Waals surface area (Å²) in [5, 5.41) is 0. The highest BCUT2D eigenvalue weighted by Crippen LogP contribution is 2.21. The zero-order valence-corrected chi connectivity index (χ0v) is 15.8. The molecule has 0 spiro atoms. The Hall–Kier alpha value is -2.82. The van der Waals surface area contributed by atoms with Crippen LogP contribution in [0.15, 0.2) is 54.6 Å². The van der Waals surface area contributed by atoms with Crippen LogP contribution in [-0.2, 0) is 0 Å². The zero-order valence-electron chi connectivity index (χ0n) is 15.8. The van der Waals surface area contributed by atoms with Gasteiger partial charge in [-0.15, -0.1) is 0 Å². The Labute approximate surface area is 160 Å². The molecule has 1 aliphatic rings. The summed E-state index contributed by atoms with van der Waals surface area (Å²) >= 11 is 0. The van der Waals surface area contributed by atoms with E-state index < -0.39 is 0 Å². The number of nitrogens with two attached hydrogens (primary N) is 1. The molecule has 2 amide bonds. The van der Waals surface area contributed by atoms with E-state index in [0.29, 0.717) is 30.9 Å². The number of piperidine rings is 1. The minimum Gasteiger partial charge on any atom is -0.399 e. The molecule has 142 valence electrons. The molecule has 1 aliphatic heterocycles. The number of likely N-dealkylation sites (tertiary alicyclic amines) is 1. The van der Waals surface area contributed by atoms with Crippen LogP contribution in [0.3, 0.4) is 0 Å². The number of nitrogens with zero attached hydrogens (tertiary/aromatic N) is 2. The van der Waals surface area contributed by atoms with E-state index in [1.165, 1.54) is 0 Å². The molecule has 0 unspecified atom stereocenters. The maximum absolute atomic E-state index is 13.0. The molecule has 1 fully saturated rings. The van der Waals surface area contributed by atoms with E-state index >= 15 is 0 Å². The van der Waals surface area contributed by atoms with Crippen molar-refractivity contribution in [3.8, 4) is 0 Å². The first-order chi connectivity index (χ1) is 13.1. The van der Waals surface area contributed by atoms with Gasteiger partial charge in [-0.3, -0.25) is 9.59 Å². The molecule has 2 aromatic rings. The minimum atomic E-state index is 0.0250. The number of nitrogen functional groups attached to an aromatic ring is 1. The summed E-state index contributed by atoms with van der Waals surface area (Å²) in [6.45, 7) is 4.13. The fourth-order valence-electron chi connectivity index (χ4n) is 3.67. The molecule has 5 nitrogen and oxygen atoms in total. The maximum Gasteiger partial charge on any atom is 0.254 e. The van der Waals surface area contributed by atoms with Crippen molar-refractivity contribution in [3.63, 3.8) is 0 Å². The minimum absolute atomic E-state index is 0.0250. The topological polar surface area (TPSA) is 66.6 Å². The molecular formula is C22H27N3O2. The highest BCUT2D eigenvalue weighted by atomic mass is 16.2. The molecule has 1 saturated heterocycles. The number of carbonyl (C=O) groups excluding carboxylic acids is 2. The number of amides is 2. The molecular weight excluding hydrogens is 338 g/mol. The van der Waals surface area contributed by atoms with Crippen molar-refractivity contribution in [2.75, 3.05) is 25.4 Å². The van der Waals surface area contributed by atoms with Crippen LogP contribution in [0.4, 0.5) is 5.69 Å². The summed E-state index contributed by atoms with van der Waals surface area (Å²) in [5.41, 5.74) is 7.79. The fraction of sp³-hybridized carbons (Fsp3) is 0.364. The lowest BCUT2D eigenvalue weighted by Gasteiger charge is -2.38. The van der Waals surface area contributed by atoms with E-state index in [-0.39, 0.29) is 17.9 Å². The van der Waals surface area contributed by atoms with Gasteiger partial charge in [0.1, 0.15) is 0 Å². The van der Waals surface area contributed by atoms with Gasteiger partial charge in [-0.2, -0.15) is 0 Å². The molecule has 0 atom stereocenters. The Balaban J connectivity index is 1.66. The Kier molecular flexibility index (Phi) is 6.12. The molecule has 0 aromatic heterocycles. The number of hydrogen-bond donors (Lipinski definition) is 1. The third-order valence-corrected chi connectivity index (χ3v) is 5.07. The Morgan fingerprint density at radius 1 is 1.04 bits per heavy atom. The summed E-state index contributed by atoms with van der Waals surface area (Å²) in [6.07, 6.45) is 2.50. The van der Waals surface area contributed by atoms with Gasteiger partial charge >= 0.3 is 0 Å². The first-order valence-corrected chi connectivity index (χ1v) is 9.61. The first-order valence-electron chi connectivity index (χ1n) is 9.61. The lowest BCUT2D eigenvalue weighted by Crippen LogP contribution is -2.49. The van der Waals surface area contributed by atoms with Crippen LogP contribution < -0.4 is 5.73 Å². The van der Waals surface area contributed by atoms with Gasteiger partial charge in [0.05, 0.1) is 0 Å². The normalized spacial score (nSPS) is 14.8. The van der Waals surface area contributed by atoms with Gasteiger partial charge in [0.15, 0.2) is 0 Å². The van der Waals surface area contributed by atoms with Gasteiger partial charge in [-0.05, 0) is 49.6 Å². The molecule has 27 heavy (non-hydrogen) atoms. The predicted molar refractivity (Wildman–Crippen MR) is 108 cm³/mol. The van der Waals surface area contributed by atoms with Crippen LogP contribution in [0.2, 0.25) is 0 Å². The van der Waals surface area contributed by atoms with E-state index in [1.807, 2.05) is 52.3 Å². The lowest BCUT2D eigenvalue weighted by atomic mass is 10.0. The number of rotatable bonds is 5. The Morgan fingerprint density at radius 2 is 1.70 bits per heavy atom. The van der Waals surface area contributed by atoms with Crippen LogP contribution in [0, 0.1) is 0 Å². The lowest BCUT2D eigenvalue weighted by molar-refractivity contribution is 0.0519. The van der Waals surface area contributed by atoms with Crippen molar-refractivity contribution in [1.82, 2.24) is 9.80 Å². The molecule has 5 heteroatoms. The average molecular weight is 365 g/mol. The van der Waals surface area contributed by atoms with Crippen molar-refractivity contribution in [2.24, 2.45) is 0 Å². The predicted octanol–water partition coefficient (Wildman–Crippen LogP) is 3.43. The van der Waals surface area contributed by atoms with Crippen LogP contribution >= 0.6 is 0 Å². The Bertz CT molecular complexity index is 783. The molecule has 0 aliphatic carbocycles. The standard InChI is InChI=1S/C22H27N3O2/c1-2-13-25(22(27)18-9-6-10-19(23)16-18)20-11-14-24(15-12-20)21(26)17-7-4-3-5-8-17/h3-10,16,20H,2,11-15,23H2,1H3. The largest absolute Gasteiger partial charge is 0.399 e. The van der Waals surface area contributed by atoms with Crippen LogP contribution in [0.1, 0.15) is 46.9 Å². The summed E-state index contributed by atoms with van der Waals surface area (Å²) in [7, 11) is 0. The number of benzene rings is 2. The van der Waals surface area contributed by atoms with Crippen molar-refractivity contribution >= 4 is 17.5 Å². The Morgan fingerprint density at radius 3 is 2.33 bits per heavy atom. The molecule has 0 radical (unpaired) electrons. The maximum atomic E-state index is 13.0. The van der Waals surface area contributed by atoms with Gasteiger partial charge in [0.2, 0.25) is 0 Å². The van der Waals surface area contributed by atoms with E-state index in [1.54, 1.807) is 12.1 Å². The molecule has 3 rings (SSSR count). The second-order valence-corrected chi connectivity index (χ2v) is 7.01. The number of anilines is 1. The second kappa shape index (κ2) is 8.71. The number of carbonyl (C=O) groups is 2. The highest BCUT2D eigenvalue weighted by molar-refractivity contribution is 5.95. The van der Waals surface area contributed by atoms with E-state index in [2.05, 4.69) is 6.92 Å². The van der Waals surface area contributed by atoms with Crippen LogP contribution in [-0.4, -0.2) is 47.3 Å². The molecule has 2 N–H and O–H groups in total. The first kappa shape index (κ1) is 19.0. The average Bonchev–Trinajstić information content (AvgIpc) is 2.72. The van der Waals surface area contributed by atoms with Crippen LogP contribution in [0.25, 0.3) is 0 Å². The smallest absolute Gasteiger partial charge is 0.254 e. The van der Waals surface area contributed by atoms with Crippen molar-refractivity contribution in [1.29, 1.82) is 0 Å². The van der Waals surface area contributed by atoms with Gasteiger partial charge in [0, 0.05) is 42.5 Å². The SMILES string of the molecule is CCCN(C(=O)c1cccc(N)c1)C1CCN(C(=O)c2ccccc2)CC1. The quantitative estimate of drug-likeness (QED) is 0.826. The molecule has 0 bridgehead atoms. The van der Waals surface area contributed by atoms with E-state index in [9.17, 15) is 9.59 Å². The summed E-state index contributed by atoms with van der Waals surface area (Å²) in [5.74, 6) is 0.0928. The highest BCUT2D eigenvalue weighted by Gasteiger charge is 2.30. The van der Waals surface area contributed by atoms with Gasteiger partial charge < -0.3 is 15.5 Å². The summed E-state index contributed by atoms with van der Waals surface area (Å²) < 4.78 is 0. The van der Waals surface area contributed by atoms with E-state index in [0.717, 1.165) is 24.8 Å².